The third-order valence-corrected chi connectivity index (χ3v) is 2.26. The number of hydrogen-bond acceptors (Lipinski definition) is 1. The van der Waals surface area contributed by atoms with E-state index in [4.69, 9.17) is 0 Å². The van der Waals surface area contributed by atoms with Crippen LogP contribution in [0.3, 0.4) is 0 Å². The molecule has 0 saturated carbocycles. The minimum Gasteiger partial charge on any atom is -0.380 e. The number of aliphatic hydroxyl groups excluding tert-OH is 1. The molecule has 0 radical (unpaired) electrons. The topological polar surface area (TPSA) is 20.2 Å². The number of aryl methyl sites for hydroxylation is 1. The molecular formula is C14H18O. The number of hydrogen-bond donors (Lipinski definition) is 1. The predicted octanol–water partition coefficient (Wildman–Crippen LogP) is 2.64. The fourth-order valence-corrected chi connectivity index (χ4v) is 1.19. The van der Waals surface area contributed by atoms with Gasteiger partial charge in [-0.1, -0.05) is 50.1 Å². The van der Waals surface area contributed by atoms with Crippen molar-refractivity contribution in [3.63, 3.8) is 0 Å². The largest absolute Gasteiger partial charge is 0.380 e. The SMILES string of the molecule is CC(C)C(O)C#CCCc1ccccc1. The highest BCUT2D eigenvalue weighted by atomic mass is 16.3. The Bertz CT molecular complexity index is 329. The summed E-state index contributed by atoms with van der Waals surface area (Å²) in [4.78, 5) is 0. The number of rotatable bonds is 3. The zero-order chi connectivity index (χ0) is 11.1. The zero-order valence-corrected chi connectivity index (χ0v) is 9.40. The van der Waals surface area contributed by atoms with Crippen molar-refractivity contribution in [1.29, 1.82) is 0 Å². The summed E-state index contributed by atoms with van der Waals surface area (Å²) in [7, 11) is 0. The fourth-order valence-electron chi connectivity index (χ4n) is 1.19. The Balaban J connectivity index is 2.33. The van der Waals surface area contributed by atoms with Gasteiger partial charge in [0.05, 0.1) is 0 Å². The van der Waals surface area contributed by atoms with Crippen molar-refractivity contribution in [3.05, 3.63) is 35.9 Å². The van der Waals surface area contributed by atoms with E-state index in [1.54, 1.807) is 0 Å². The van der Waals surface area contributed by atoms with E-state index >= 15 is 0 Å². The Morgan fingerprint density at radius 2 is 1.87 bits per heavy atom. The fraction of sp³-hybridized carbons (Fsp3) is 0.429. The molecule has 1 nitrogen and oxygen atoms in total. The van der Waals surface area contributed by atoms with Gasteiger partial charge in [-0.3, -0.25) is 0 Å². The first-order chi connectivity index (χ1) is 7.20. The molecule has 1 rings (SSSR count). The van der Waals surface area contributed by atoms with Crippen molar-refractivity contribution in [2.75, 3.05) is 0 Å². The van der Waals surface area contributed by atoms with Crippen LogP contribution in [0.1, 0.15) is 25.8 Å². The van der Waals surface area contributed by atoms with Crippen molar-refractivity contribution in [2.24, 2.45) is 5.92 Å². The van der Waals surface area contributed by atoms with Crippen LogP contribution in [0.2, 0.25) is 0 Å². The van der Waals surface area contributed by atoms with E-state index in [1.165, 1.54) is 5.56 Å². The molecule has 1 unspecified atom stereocenters. The second kappa shape index (κ2) is 6.27. The standard InChI is InChI=1S/C14H18O/c1-12(2)14(15)11-7-6-10-13-8-4-3-5-9-13/h3-5,8-9,12,14-15H,6,10H2,1-2H3. The molecule has 0 fully saturated rings. The first-order valence-electron chi connectivity index (χ1n) is 5.40. The molecule has 0 aliphatic rings. The molecule has 0 heterocycles. The van der Waals surface area contributed by atoms with Gasteiger partial charge in [-0.2, -0.15) is 0 Å². The third kappa shape index (κ3) is 4.67. The van der Waals surface area contributed by atoms with Crippen LogP contribution in [0.15, 0.2) is 30.3 Å². The smallest absolute Gasteiger partial charge is 0.117 e. The Morgan fingerprint density at radius 3 is 2.47 bits per heavy atom. The molecule has 1 atom stereocenters. The molecule has 0 spiro atoms. The molecule has 1 aromatic rings. The highest BCUT2D eigenvalue weighted by Gasteiger charge is 2.02. The van der Waals surface area contributed by atoms with E-state index in [0.717, 1.165) is 12.8 Å². The van der Waals surface area contributed by atoms with Crippen LogP contribution in [-0.2, 0) is 6.42 Å². The maximum atomic E-state index is 9.45. The van der Waals surface area contributed by atoms with E-state index in [-0.39, 0.29) is 5.92 Å². The lowest BCUT2D eigenvalue weighted by atomic mass is 10.1. The third-order valence-electron chi connectivity index (χ3n) is 2.26. The summed E-state index contributed by atoms with van der Waals surface area (Å²) in [6.45, 7) is 3.94. The Morgan fingerprint density at radius 1 is 1.20 bits per heavy atom. The van der Waals surface area contributed by atoms with Crippen LogP contribution >= 0.6 is 0 Å². The summed E-state index contributed by atoms with van der Waals surface area (Å²) in [5, 5.41) is 9.45. The minimum atomic E-state index is -0.485. The van der Waals surface area contributed by atoms with Crippen molar-refractivity contribution in [3.8, 4) is 11.8 Å². The van der Waals surface area contributed by atoms with Gasteiger partial charge in [0.15, 0.2) is 0 Å². The molecule has 15 heavy (non-hydrogen) atoms. The van der Waals surface area contributed by atoms with Gasteiger partial charge < -0.3 is 5.11 Å². The summed E-state index contributed by atoms with van der Waals surface area (Å²) in [6.07, 6.45) is 1.28. The van der Waals surface area contributed by atoms with Crippen LogP contribution < -0.4 is 0 Å². The molecule has 0 aromatic heterocycles. The molecular weight excluding hydrogens is 184 g/mol. The lowest BCUT2D eigenvalue weighted by molar-refractivity contribution is 0.181. The van der Waals surface area contributed by atoms with E-state index in [2.05, 4.69) is 24.0 Å². The first-order valence-corrected chi connectivity index (χ1v) is 5.40. The summed E-state index contributed by atoms with van der Waals surface area (Å²) in [5.41, 5.74) is 1.30. The van der Waals surface area contributed by atoms with E-state index in [9.17, 15) is 5.11 Å². The number of aliphatic hydroxyl groups is 1. The van der Waals surface area contributed by atoms with Crippen LogP contribution in [0.4, 0.5) is 0 Å². The highest BCUT2D eigenvalue weighted by molar-refractivity contribution is 5.16. The Kier molecular flexibility index (Phi) is 4.93. The van der Waals surface area contributed by atoms with Crippen molar-refractivity contribution in [2.45, 2.75) is 32.8 Å². The molecule has 0 amide bonds. The van der Waals surface area contributed by atoms with Gasteiger partial charge in [0, 0.05) is 6.42 Å². The van der Waals surface area contributed by atoms with Gasteiger partial charge in [-0.05, 0) is 17.9 Å². The molecule has 1 heteroatoms. The average molecular weight is 202 g/mol. The first kappa shape index (κ1) is 11.8. The Hall–Kier alpha value is -1.26. The second-order valence-corrected chi connectivity index (χ2v) is 4.00. The average Bonchev–Trinajstić information content (AvgIpc) is 2.25. The van der Waals surface area contributed by atoms with Crippen LogP contribution in [0.5, 0.6) is 0 Å². The zero-order valence-electron chi connectivity index (χ0n) is 9.40. The van der Waals surface area contributed by atoms with Crippen LogP contribution in [-0.4, -0.2) is 11.2 Å². The molecule has 0 saturated heterocycles. The molecule has 80 valence electrons. The van der Waals surface area contributed by atoms with E-state index in [1.807, 2.05) is 32.0 Å². The Labute approximate surface area is 92.1 Å². The second-order valence-electron chi connectivity index (χ2n) is 4.00. The summed E-state index contributed by atoms with van der Waals surface area (Å²) < 4.78 is 0. The molecule has 1 aromatic carbocycles. The lowest BCUT2D eigenvalue weighted by Gasteiger charge is -2.05. The monoisotopic (exact) mass is 202 g/mol. The predicted molar refractivity (Wildman–Crippen MR) is 63.4 cm³/mol. The summed E-state index contributed by atoms with van der Waals surface area (Å²) >= 11 is 0. The van der Waals surface area contributed by atoms with Gasteiger partial charge in [-0.25, -0.2) is 0 Å². The van der Waals surface area contributed by atoms with Gasteiger partial charge in [0.25, 0.3) is 0 Å². The van der Waals surface area contributed by atoms with E-state index < -0.39 is 6.10 Å². The van der Waals surface area contributed by atoms with Crippen LogP contribution in [0.25, 0.3) is 0 Å². The summed E-state index contributed by atoms with van der Waals surface area (Å²) in [5.74, 6) is 6.09. The van der Waals surface area contributed by atoms with Gasteiger partial charge >= 0.3 is 0 Å². The normalized spacial score (nSPS) is 12.0. The summed E-state index contributed by atoms with van der Waals surface area (Å²) in [6, 6.07) is 10.3. The molecule has 0 aliphatic heterocycles. The highest BCUT2D eigenvalue weighted by Crippen LogP contribution is 2.02. The van der Waals surface area contributed by atoms with Gasteiger partial charge in [-0.15, -0.1) is 5.92 Å². The maximum absolute atomic E-state index is 9.45. The molecule has 0 bridgehead atoms. The number of benzene rings is 1. The van der Waals surface area contributed by atoms with Crippen molar-refractivity contribution in [1.82, 2.24) is 0 Å². The van der Waals surface area contributed by atoms with Gasteiger partial charge in [0.2, 0.25) is 0 Å². The van der Waals surface area contributed by atoms with Crippen LogP contribution in [0, 0.1) is 17.8 Å². The molecule has 0 aliphatic carbocycles. The van der Waals surface area contributed by atoms with Gasteiger partial charge in [0.1, 0.15) is 6.10 Å². The minimum absolute atomic E-state index is 0.217. The lowest BCUT2D eigenvalue weighted by Crippen LogP contribution is -2.11. The van der Waals surface area contributed by atoms with E-state index in [0.29, 0.717) is 0 Å². The van der Waals surface area contributed by atoms with Crippen molar-refractivity contribution < 1.29 is 5.11 Å². The van der Waals surface area contributed by atoms with Crippen molar-refractivity contribution >= 4 is 0 Å². The quantitative estimate of drug-likeness (QED) is 0.747. The molecule has 1 N–H and O–H groups in total. The maximum Gasteiger partial charge on any atom is 0.117 e.